The quantitative estimate of drug-likeness (QED) is 0.656. The molecule has 0 spiro atoms. The van der Waals surface area contributed by atoms with E-state index in [-0.39, 0.29) is 16.7 Å². The summed E-state index contributed by atoms with van der Waals surface area (Å²) in [6.45, 7) is 2.13. The summed E-state index contributed by atoms with van der Waals surface area (Å²) in [6.07, 6.45) is 3.60. The first-order chi connectivity index (χ1) is 9.53. The van der Waals surface area contributed by atoms with Crippen molar-refractivity contribution in [1.29, 1.82) is 0 Å². The van der Waals surface area contributed by atoms with Gasteiger partial charge >= 0.3 is 5.51 Å². The maximum Gasteiger partial charge on any atom is 0.446 e. The molecule has 7 heteroatoms. The molecule has 0 aliphatic heterocycles. The maximum atomic E-state index is 12.2. The normalized spacial score (nSPS) is 11.8. The summed E-state index contributed by atoms with van der Waals surface area (Å²) >= 11 is -0.0959. The fraction of sp³-hybridized carbons (Fsp3) is 0.308. The number of hydrogen-bond donors (Lipinski definition) is 1. The van der Waals surface area contributed by atoms with E-state index in [0.29, 0.717) is 6.54 Å². The van der Waals surface area contributed by atoms with Crippen molar-refractivity contribution in [2.24, 2.45) is 0 Å². The number of hydrogen-bond acceptors (Lipinski definition) is 3. The zero-order valence-electron chi connectivity index (χ0n) is 10.6. The van der Waals surface area contributed by atoms with Gasteiger partial charge in [0.2, 0.25) is 0 Å². The Kier molecular flexibility index (Phi) is 5.08. The van der Waals surface area contributed by atoms with Crippen LogP contribution in [-0.2, 0) is 13.1 Å². The van der Waals surface area contributed by atoms with Gasteiger partial charge in [0.25, 0.3) is 0 Å². The van der Waals surface area contributed by atoms with Crippen LogP contribution in [0, 0.1) is 0 Å². The number of thioether (sulfide) groups is 1. The summed E-state index contributed by atoms with van der Waals surface area (Å²) in [5, 5.41) is 7.29. The van der Waals surface area contributed by atoms with Crippen LogP contribution in [-0.4, -0.2) is 21.8 Å². The lowest BCUT2D eigenvalue weighted by molar-refractivity contribution is -0.0328. The van der Waals surface area contributed by atoms with Crippen molar-refractivity contribution in [2.75, 3.05) is 6.54 Å². The van der Waals surface area contributed by atoms with Crippen molar-refractivity contribution in [1.82, 2.24) is 15.1 Å². The lowest BCUT2D eigenvalue weighted by Gasteiger charge is -2.08. The van der Waals surface area contributed by atoms with Crippen LogP contribution in [0.3, 0.4) is 0 Å². The minimum Gasteiger partial charge on any atom is -0.311 e. The Morgan fingerprint density at radius 3 is 2.55 bits per heavy atom. The van der Waals surface area contributed by atoms with Gasteiger partial charge in [-0.25, -0.2) is 0 Å². The number of nitrogens with one attached hydrogen (secondary N) is 1. The number of benzene rings is 1. The van der Waals surface area contributed by atoms with Gasteiger partial charge in [-0.15, -0.1) is 0 Å². The van der Waals surface area contributed by atoms with Gasteiger partial charge in [0.15, 0.2) is 0 Å². The van der Waals surface area contributed by atoms with Gasteiger partial charge < -0.3 is 5.32 Å². The molecule has 2 aromatic rings. The molecule has 0 atom stereocenters. The summed E-state index contributed by atoms with van der Waals surface area (Å²) < 4.78 is 38.3. The highest BCUT2D eigenvalue weighted by atomic mass is 32.2. The fourth-order valence-corrected chi connectivity index (χ4v) is 2.21. The van der Waals surface area contributed by atoms with Crippen LogP contribution in [0.5, 0.6) is 0 Å². The Morgan fingerprint density at radius 1 is 1.20 bits per heavy atom. The van der Waals surface area contributed by atoms with Crippen LogP contribution < -0.4 is 5.32 Å². The summed E-state index contributed by atoms with van der Waals surface area (Å²) in [5.41, 5.74) is -3.28. The highest BCUT2D eigenvalue weighted by molar-refractivity contribution is 8.00. The monoisotopic (exact) mass is 301 g/mol. The molecular weight excluding hydrogens is 287 g/mol. The molecule has 0 aliphatic rings. The first-order valence-corrected chi connectivity index (χ1v) is 6.87. The van der Waals surface area contributed by atoms with E-state index in [1.54, 1.807) is 18.3 Å². The number of aromatic nitrogens is 2. The zero-order valence-corrected chi connectivity index (χ0v) is 11.4. The summed E-state index contributed by atoms with van der Waals surface area (Å²) in [6, 6.07) is 8.24. The lowest BCUT2D eigenvalue weighted by atomic mass is 10.2. The predicted molar refractivity (Wildman–Crippen MR) is 72.3 cm³/mol. The summed E-state index contributed by atoms with van der Waals surface area (Å²) in [5.74, 6) is 0. The third-order valence-electron chi connectivity index (χ3n) is 2.56. The van der Waals surface area contributed by atoms with Crippen LogP contribution in [0.4, 0.5) is 13.2 Å². The molecule has 1 aromatic carbocycles. The van der Waals surface area contributed by atoms with E-state index in [4.69, 9.17) is 0 Å². The smallest absolute Gasteiger partial charge is 0.311 e. The van der Waals surface area contributed by atoms with Crippen molar-refractivity contribution in [3.8, 4) is 0 Å². The average molecular weight is 301 g/mol. The molecule has 1 heterocycles. The van der Waals surface area contributed by atoms with Crippen LogP contribution in [0.25, 0.3) is 0 Å². The first kappa shape index (κ1) is 14.9. The highest BCUT2D eigenvalue weighted by Gasteiger charge is 2.28. The third kappa shape index (κ3) is 5.26. The molecule has 0 saturated carbocycles. The minimum atomic E-state index is -4.23. The molecule has 108 valence electrons. The molecule has 0 bridgehead atoms. The number of rotatable bonds is 6. The van der Waals surface area contributed by atoms with E-state index in [1.165, 1.54) is 12.1 Å². The van der Waals surface area contributed by atoms with E-state index in [2.05, 4.69) is 10.4 Å². The number of nitrogens with zero attached hydrogens (tertiary/aromatic N) is 2. The van der Waals surface area contributed by atoms with Gasteiger partial charge in [-0.2, -0.15) is 18.3 Å². The fourth-order valence-electron chi connectivity index (χ4n) is 1.67. The minimum absolute atomic E-state index is 0.0959. The highest BCUT2D eigenvalue weighted by Crippen LogP contribution is 2.36. The van der Waals surface area contributed by atoms with Crippen LogP contribution in [0.2, 0.25) is 0 Å². The molecular formula is C13H14F3N3S. The van der Waals surface area contributed by atoms with Crippen LogP contribution in [0.15, 0.2) is 47.6 Å². The predicted octanol–water partition coefficient (Wildman–Crippen LogP) is 3.28. The van der Waals surface area contributed by atoms with Crippen molar-refractivity contribution in [3.63, 3.8) is 0 Å². The van der Waals surface area contributed by atoms with Crippen LogP contribution >= 0.6 is 11.8 Å². The second kappa shape index (κ2) is 6.81. The summed E-state index contributed by atoms with van der Waals surface area (Å²) in [4.78, 5) is 0.206. The summed E-state index contributed by atoms with van der Waals surface area (Å²) in [7, 11) is 0. The van der Waals surface area contributed by atoms with E-state index in [9.17, 15) is 13.2 Å². The molecule has 2 rings (SSSR count). The Labute approximate surface area is 119 Å². The molecule has 3 nitrogen and oxygen atoms in total. The van der Waals surface area contributed by atoms with Crippen LogP contribution in [0.1, 0.15) is 5.56 Å². The number of halogens is 3. The van der Waals surface area contributed by atoms with Crippen molar-refractivity contribution < 1.29 is 13.2 Å². The van der Waals surface area contributed by atoms with Gasteiger partial charge in [0, 0.05) is 30.4 Å². The molecule has 0 saturated heterocycles. The topological polar surface area (TPSA) is 29.9 Å². The first-order valence-electron chi connectivity index (χ1n) is 6.06. The number of alkyl halides is 3. The van der Waals surface area contributed by atoms with E-state index < -0.39 is 5.51 Å². The zero-order chi connectivity index (χ0) is 14.4. The van der Waals surface area contributed by atoms with E-state index in [0.717, 1.165) is 18.7 Å². The van der Waals surface area contributed by atoms with E-state index in [1.807, 2.05) is 16.9 Å². The van der Waals surface area contributed by atoms with E-state index >= 15 is 0 Å². The molecule has 1 aromatic heterocycles. The second-order valence-electron chi connectivity index (χ2n) is 4.14. The SMILES string of the molecule is FC(F)(F)Sc1ccc(CNCCn2cccn2)cc1. The van der Waals surface area contributed by atoms with Gasteiger partial charge in [0.1, 0.15) is 0 Å². The maximum absolute atomic E-state index is 12.2. The molecule has 0 fully saturated rings. The van der Waals surface area contributed by atoms with Crippen molar-refractivity contribution >= 4 is 11.8 Å². The Morgan fingerprint density at radius 2 is 1.95 bits per heavy atom. The largest absolute Gasteiger partial charge is 0.446 e. The Bertz CT molecular complexity index is 509. The molecule has 0 radical (unpaired) electrons. The van der Waals surface area contributed by atoms with Gasteiger partial charge in [-0.05, 0) is 35.5 Å². The molecule has 0 unspecified atom stereocenters. The lowest BCUT2D eigenvalue weighted by Crippen LogP contribution is -2.19. The Hall–Kier alpha value is -1.47. The second-order valence-corrected chi connectivity index (χ2v) is 5.28. The molecule has 20 heavy (non-hydrogen) atoms. The standard InChI is InChI=1S/C13H14F3N3S/c14-13(15,16)20-12-4-2-11(3-5-12)10-17-7-9-19-8-1-6-18-19/h1-6,8,17H,7,9-10H2. The molecule has 1 N–H and O–H groups in total. The van der Waals surface area contributed by atoms with Gasteiger partial charge in [-0.3, -0.25) is 4.68 Å². The van der Waals surface area contributed by atoms with Crippen molar-refractivity contribution in [2.45, 2.75) is 23.5 Å². The molecule has 0 amide bonds. The van der Waals surface area contributed by atoms with Gasteiger partial charge in [0.05, 0.1) is 6.54 Å². The third-order valence-corrected chi connectivity index (χ3v) is 3.30. The Balaban J connectivity index is 1.73. The van der Waals surface area contributed by atoms with Crippen molar-refractivity contribution in [3.05, 3.63) is 48.3 Å². The average Bonchev–Trinajstić information content (AvgIpc) is 2.88. The van der Waals surface area contributed by atoms with Gasteiger partial charge in [-0.1, -0.05) is 12.1 Å². The molecule has 0 aliphatic carbocycles.